The molecule has 0 rings (SSSR count). The summed E-state index contributed by atoms with van der Waals surface area (Å²) in [7, 11) is -0.160. The molecule has 0 N–H and O–H groups in total. The summed E-state index contributed by atoms with van der Waals surface area (Å²) in [6.07, 6.45) is 0. The molecule has 0 atom stereocenters. The number of hydrogen-bond acceptors (Lipinski definition) is 1. The van der Waals surface area contributed by atoms with E-state index in [0.717, 1.165) is 10.5 Å². The van der Waals surface area contributed by atoms with E-state index in [1.807, 2.05) is 0 Å². The van der Waals surface area contributed by atoms with Gasteiger partial charge in [-0.15, -0.1) is 0 Å². The molecule has 0 amide bonds. The van der Waals surface area contributed by atoms with Crippen molar-refractivity contribution >= 4 is 37.7 Å². The standard InChI is InChI=1S/C3H12OSi2.Li.H/c1-6(2,3)4-5;;/h1-3,5H3;;. The van der Waals surface area contributed by atoms with Crippen LogP contribution in [0.4, 0.5) is 0 Å². The number of hydrogen-bond donors (Lipinski definition) is 0. The van der Waals surface area contributed by atoms with Crippen molar-refractivity contribution in [2.75, 3.05) is 0 Å². The van der Waals surface area contributed by atoms with Gasteiger partial charge in [0, 0.05) is 0 Å². The third-order valence-electron chi connectivity index (χ3n) is 0.612. The quantitative estimate of drug-likeness (QED) is 0.431. The van der Waals surface area contributed by atoms with Gasteiger partial charge in [0.15, 0.2) is 8.32 Å². The maximum absolute atomic E-state index is 5.22. The molecule has 0 aromatic carbocycles. The van der Waals surface area contributed by atoms with Crippen molar-refractivity contribution in [3.63, 3.8) is 0 Å². The molecule has 0 fully saturated rings. The van der Waals surface area contributed by atoms with Gasteiger partial charge in [0.25, 0.3) is 0 Å². The van der Waals surface area contributed by atoms with E-state index in [0.29, 0.717) is 0 Å². The van der Waals surface area contributed by atoms with Gasteiger partial charge in [-0.1, -0.05) is 0 Å². The topological polar surface area (TPSA) is 9.23 Å². The second-order valence-corrected chi connectivity index (χ2v) is 8.17. The van der Waals surface area contributed by atoms with Crippen molar-refractivity contribution in [2.45, 2.75) is 19.6 Å². The molecule has 0 aliphatic heterocycles. The molecular weight excluding hydrogens is 115 g/mol. The van der Waals surface area contributed by atoms with E-state index in [9.17, 15) is 0 Å². The molecular formula is C3H13LiOSi2. The number of rotatable bonds is 1. The molecule has 0 unspecified atom stereocenters. The van der Waals surface area contributed by atoms with Crippen LogP contribution in [-0.4, -0.2) is 37.7 Å². The van der Waals surface area contributed by atoms with Gasteiger partial charge in [-0.25, -0.2) is 0 Å². The predicted octanol–water partition coefficient (Wildman–Crippen LogP) is -0.530. The Morgan fingerprint density at radius 2 is 1.43 bits per heavy atom. The summed E-state index contributed by atoms with van der Waals surface area (Å²) in [5.74, 6) is 0. The Balaban J connectivity index is 0. The summed E-state index contributed by atoms with van der Waals surface area (Å²) < 4.78 is 5.22. The minimum absolute atomic E-state index is 0. The second-order valence-electron chi connectivity index (χ2n) is 2.32. The molecule has 0 saturated heterocycles. The molecule has 0 aromatic rings. The minimum atomic E-state index is -1.07. The SMILES string of the molecule is C[Si](C)(C)O[SiH3].[LiH]. The van der Waals surface area contributed by atoms with E-state index >= 15 is 0 Å². The van der Waals surface area contributed by atoms with Crippen molar-refractivity contribution in [2.24, 2.45) is 0 Å². The van der Waals surface area contributed by atoms with E-state index < -0.39 is 8.32 Å². The van der Waals surface area contributed by atoms with Crippen molar-refractivity contribution in [1.29, 1.82) is 0 Å². The zero-order valence-electron chi connectivity index (χ0n) is 4.91. The average Bonchev–Trinajstić information content (AvgIpc) is 1.35. The van der Waals surface area contributed by atoms with E-state index in [1.165, 1.54) is 0 Å². The first-order chi connectivity index (χ1) is 2.56. The van der Waals surface area contributed by atoms with Gasteiger partial charge in [0.05, 0.1) is 0 Å². The van der Waals surface area contributed by atoms with Gasteiger partial charge < -0.3 is 4.12 Å². The van der Waals surface area contributed by atoms with Crippen molar-refractivity contribution < 1.29 is 4.12 Å². The fourth-order valence-electron chi connectivity index (χ4n) is 0. The molecule has 0 aliphatic rings. The third-order valence-corrected chi connectivity index (χ3v) is 5.51. The van der Waals surface area contributed by atoms with Crippen LogP contribution in [0.5, 0.6) is 0 Å². The second kappa shape index (κ2) is 3.93. The zero-order chi connectivity index (χ0) is 5.21. The van der Waals surface area contributed by atoms with Gasteiger partial charge in [0.1, 0.15) is 10.5 Å². The molecule has 0 aliphatic carbocycles. The molecule has 7 heavy (non-hydrogen) atoms. The molecule has 1 nitrogen and oxygen atoms in total. The molecule has 40 valence electrons. The zero-order valence-corrected chi connectivity index (χ0v) is 7.91. The fourth-order valence-corrected chi connectivity index (χ4v) is 0. The van der Waals surface area contributed by atoms with Crippen molar-refractivity contribution in [1.82, 2.24) is 0 Å². The summed E-state index contributed by atoms with van der Waals surface area (Å²) in [4.78, 5) is 0. The Morgan fingerprint density at radius 3 is 1.43 bits per heavy atom. The normalized spacial score (nSPS) is 10.7. The summed E-state index contributed by atoms with van der Waals surface area (Å²) in [5.41, 5.74) is 0. The van der Waals surface area contributed by atoms with Crippen LogP contribution in [0.25, 0.3) is 0 Å². The van der Waals surface area contributed by atoms with E-state index in [4.69, 9.17) is 4.12 Å². The molecule has 0 spiro atoms. The predicted molar refractivity (Wildman–Crippen MR) is 41.5 cm³/mol. The van der Waals surface area contributed by atoms with Gasteiger partial charge >= 0.3 is 18.9 Å². The van der Waals surface area contributed by atoms with Gasteiger partial charge in [-0.3, -0.25) is 0 Å². The monoisotopic (exact) mass is 128 g/mol. The Labute approximate surface area is 61.7 Å². The summed E-state index contributed by atoms with van der Waals surface area (Å²) >= 11 is 0. The maximum atomic E-state index is 5.22. The first-order valence-corrected chi connectivity index (χ1v) is 6.34. The molecule has 0 bridgehead atoms. The molecule has 0 saturated carbocycles. The summed E-state index contributed by atoms with van der Waals surface area (Å²) in [5, 5.41) is 0. The first kappa shape index (κ1) is 10.9. The van der Waals surface area contributed by atoms with Crippen LogP contribution < -0.4 is 0 Å². The first-order valence-electron chi connectivity index (χ1n) is 2.11. The molecule has 0 heterocycles. The van der Waals surface area contributed by atoms with Crippen LogP contribution in [0.2, 0.25) is 19.6 Å². The summed E-state index contributed by atoms with van der Waals surface area (Å²) in [6.45, 7) is 6.58. The average molecular weight is 128 g/mol. The van der Waals surface area contributed by atoms with Crippen LogP contribution in [0, 0.1) is 0 Å². The van der Waals surface area contributed by atoms with E-state index in [2.05, 4.69) is 19.6 Å². The van der Waals surface area contributed by atoms with E-state index in [1.54, 1.807) is 0 Å². The molecule has 0 radical (unpaired) electrons. The third kappa shape index (κ3) is 10.9. The van der Waals surface area contributed by atoms with E-state index in [-0.39, 0.29) is 18.9 Å². The van der Waals surface area contributed by atoms with Crippen LogP contribution in [0.15, 0.2) is 0 Å². The van der Waals surface area contributed by atoms with Crippen molar-refractivity contribution in [3.8, 4) is 0 Å². The van der Waals surface area contributed by atoms with Crippen LogP contribution in [-0.2, 0) is 4.12 Å². The van der Waals surface area contributed by atoms with Gasteiger partial charge in [-0.05, 0) is 19.6 Å². The Kier molecular flexibility index (Phi) is 6.11. The summed E-state index contributed by atoms with van der Waals surface area (Å²) in [6, 6.07) is 0. The fraction of sp³-hybridized carbons (Fsp3) is 1.00. The van der Waals surface area contributed by atoms with Gasteiger partial charge in [-0.2, -0.15) is 0 Å². The van der Waals surface area contributed by atoms with Gasteiger partial charge in [0.2, 0.25) is 0 Å². The Morgan fingerprint density at radius 1 is 1.29 bits per heavy atom. The van der Waals surface area contributed by atoms with Crippen molar-refractivity contribution in [3.05, 3.63) is 0 Å². The Bertz CT molecular complexity index is 42.7. The molecule has 0 aromatic heterocycles. The van der Waals surface area contributed by atoms with Crippen LogP contribution in [0.1, 0.15) is 0 Å². The Hall–Kier alpha value is 0.991. The van der Waals surface area contributed by atoms with Crippen LogP contribution >= 0.6 is 0 Å². The van der Waals surface area contributed by atoms with Crippen LogP contribution in [0.3, 0.4) is 0 Å². The molecule has 4 heteroatoms.